The van der Waals surface area contributed by atoms with Crippen molar-refractivity contribution in [1.82, 2.24) is 4.90 Å². The Labute approximate surface area is 165 Å². The van der Waals surface area contributed by atoms with Gasteiger partial charge in [-0.15, -0.1) is 0 Å². The zero-order chi connectivity index (χ0) is 19.3. The van der Waals surface area contributed by atoms with Crippen molar-refractivity contribution in [1.29, 1.82) is 0 Å². The molecule has 2 aromatic carbocycles. The lowest BCUT2D eigenvalue weighted by Crippen LogP contribution is -2.29. The van der Waals surface area contributed by atoms with Gasteiger partial charge in [-0.2, -0.15) is 0 Å². The van der Waals surface area contributed by atoms with E-state index in [2.05, 4.69) is 18.7 Å². The van der Waals surface area contributed by atoms with Gasteiger partial charge in [-0.25, -0.2) is 0 Å². The third-order valence-electron chi connectivity index (χ3n) is 6.17. The smallest absolute Gasteiger partial charge is 0.197 e. The molecular formula is C24H25NO3. The highest BCUT2D eigenvalue weighted by Crippen LogP contribution is 2.46. The molecule has 0 radical (unpaired) electrons. The van der Waals surface area contributed by atoms with Crippen LogP contribution in [0, 0.1) is 0 Å². The lowest BCUT2D eigenvalue weighted by molar-refractivity contribution is 0.102. The fourth-order valence-corrected chi connectivity index (χ4v) is 4.60. The first kappa shape index (κ1) is 17.5. The predicted molar refractivity (Wildman–Crippen MR) is 109 cm³/mol. The first-order valence-corrected chi connectivity index (χ1v) is 10.1. The average Bonchev–Trinajstić information content (AvgIpc) is 3.34. The molecule has 4 heteroatoms. The number of ketones is 1. The number of hydrogen-bond acceptors (Lipinski definition) is 4. The number of carbonyl (C=O) groups is 1. The quantitative estimate of drug-likeness (QED) is 0.658. The van der Waals surface area contributed by atoms with Gasteiger partial charge >= 0.3 is 0 Å². The minimum absolute atomic E-state index is 0.0397. The van der Waals surface area contributed by atoms with Crippen molar-refractivity contribution >= 4 is 16.8 Å². The summed E-state index contributed by atoms with van der Waals surface area (Å²) in [6.45, 7) is 8.20. The van der Waals surface area contributed by atoms with Crippen molar-refractivity contribution in [2.45, 2.75) is 32.1 Å². The fraction of sp³-hybridized carbons (Fsp3) is 0.375. The summed E-state index contributed by atoms with van der Waals surface area (Å²) < 4.78 is 12.2. The van der Waals surface area contributed by atoms with Crippen molar-refractivity contribution in [2.24, 2.45) is 0 Å². The lowest BCUT2D eigenvalue weighted by atomic mass is 9.72. The summed E-state index contributed by atoms with van der Waals surface area (Å²) in [5.74, 6) is 1.61. The van der Waals surface area contributed by atoms with Crippen LogP contribution in [0.2, 0.25) is 0 Å². The van der Waals surface area contributed by atoms with Gasteiger partial charge in [0.15, 0.2) is 5.78 Å². The number of nitrogens with zero attached hydrogens (tertiary/aromatic N) is 1. The van der Waals surface area contributed by atoms with Gasteiger partial charge in [0, 0.05) is 22.9 Å². The normalized spacial score (nSPS) is 18.3. The van der Waals surface area contributed by atoms with Crippen LogP contribution < -0.4 is 4.74 Å². The second-order valence-corrected chi connectivity index (χ2v) is 8.36. The minimum atomic E-state index is -0.397. The molecule has 28 heavy (non-hydrogen) atoms. The zero-order valence-corrected chi connectivity index (χ0v) is 16.5. The molecule has 2 heterocycles. The molecule has 4 nitrogen and oxygen atoms in total. The minimum Gasteiger partial charge on any atom is -0.492 e. The van der Waals surface area contributed by atoms with Gasteiger partial charge in [-0.3, -0.25) is 9.69 Å². The third-order valence-corrected chi connectivity index (χ3v) is 6.17. The largest absolute Gasteiger partial charge is 0.492 e. The first-order chi connectivity index (χ1) is 13.6. The van der Waals surface area contributed by atoms with E-state index in [9.17, 15) is 4.79 Å². The van der Waals surface area contributed by atoms with Crippen LogP contribution in [0.3, 0.4) is 0 Å². The Kier molecular flexibility index (Phi) is 4.06. The number of carbonyl (C=O) groups excluding carboxylic acids is 1. The van der Waals surface area contributed by atoms with Gasteiger partial charge in [0.05, 0.1) is 5.56 Å². The highest BCUT2D eigenvalue weighted by molar-refractivity contribution is 6.19. The Morgan fingerprint density at radius 3 is 2.71 bits per heavy atom. The molecule has 2 aliphatic rings. The Morgan fingerprint density at radius 1 is 1.11 bits per heavy atom. The van der Waals surface area contributed by atoms with Gasteiger partial charge < -0.3 is 9.15 Å². The zero-order valence-electron chi connectivity index (χ0n) is 16.5. The van der Waals surface area contributed by atoms with Gasteiger partial charge in [0.2, 0.25) is 0 Å². The maximum atomic E-state index is 13.3. The van der Waals surface area contributed by atoms with Gasteiger partial charge in [-0.05, 0) is 69.6 Å². The molecule has 5 rings (SSSR count). The maximum Gasteiger partial charge on any atom is 0.197 e. The molecule has 1 fully saturated rings. The van der Waals surface area contributed by atoms with E-state index in [1.165, 1.54) is 25.9 Å². The van der Waals surface area contributed by atoms with Crippen LogP contribution in [0.4, 0.5) is 0 Å². The van der Waals surface area contributed by atoms with E-state index in [4.69, 9.17) is 9.15 Å². The summed E-state index contributed by atoms with van der Waals surface area (Å²) in [4.78, 5) is 15.7. The highest BCUT2D eigenvalue weighted by Gasteiger charge is 2.41. The Morgan fingerprint density at radius 2 is 1.89 bits per heavy atom. The molecule has 144 valence electrons. The summed E-state index contributed by atoms with van der Waals surface area (Å²) in [6.07, 6.45) is 2.57. The number of furan rings is 1. The topological polar surface area (TPSA) is 42.7 Å². The molecule has 1 aliphatic carbocycles. The summed E-state index contributed by atoms with van der Waals surface area (Å²) >= 11 is 0. The Balaban J connectivity index is 1.48. The van der Waals surface area contributed by atoms with Crippen LogP contribution in [0.15, 0.2) is 46.9 Å². The van der Waals surface area contributed by atoms with Crippen molar-refractivity contribution in [3.63, 3.8) is 0 Å². The summed E-state index contributed by atoms with van der Waals surface area (Å²) in [6, 6.07) is 13.6. The van der Waals surface area contributed by atoms with Crippen molar-refractivity contribution in [3.8, 4) is 5.75 Å². The first-order valence-electron chi connectivity index (χ1n) is 10.1. The molecule has 0 atom stereocenters. The lowest BCUT2D eigenvalue weighted by Gasteiger charge is -2.31. The molecule has 1 saturated heterocycles. The number of likely N-dealkylation sites (tertiary alicyclic amines) is 1. The maximum absolute atomic E-state index is 13.3. The van der Waals surface area contributed by atoms with E-state index >= 15 is 0 Å². The molecule has 0 amide bonds. The molecule has 3 aromatic rings. The molecule has 0 spiro atoms. The number of rotatable bonds is 4. The molecule has 1 aliphatic heterocycles. The van der Waals surface area contributed by atoms with Crippen LogP contribution in [-0.2, 0) is 5.41 Å². The number of ether oxygens (including phenoxy) is 1. The van der Waals surface area contributed by atoms with Crippen molar-refractivity contribution < 1.29 is 13.9 Å². The van der Waals surface area contributed by atoms with E-state index in [1.54, 1.807) is 0 Å². The van der Waals surface area contributed by atoms with Crippen LogP contribution >= 0.6 is 0 Å². The monoisotopic (exact) mass is 375 g/mol. The highest BCUT2D eigenvalue weighted by atomic mass is 16.5. The second kappa shape index (κ2) is 6.49. The van der Waals surface area contributed by atoms with Gasteiger partial charge in [-0.1, -0.05) is 18.2 Å². The summed E-state index contributed by atoms with van der Waals surface area (Å²) in [5, 5.41) is 0.896. The number of benzene rings is 2. The van der Waals surface area contributed by atoms with E-state index in [-0.39, 0.29) is 5.78 Å². The van der Waals surface area contributed by atoms with E-state index < -0.39 is 5.41 Å². The molecule has 0 bridgehead atoms. The number of fused-ring (bicyclic) bond motifs is 4. The number of para-hydroxylation sites is 1. The van der Waals surface area contributed by atoms with Crippen LogP contribution in [-0.4, -0.2) is 36.9 Å². The molecule has 0 saturated carbocycles. The van der Waals surface area contributed by atoms with Crippen LogP contribution in [0.25, 0.3) is 11.0 Å². The van der Waals surface area contributed by atoms with Crippen molar-refractivity contribution in [3.05, 3.63) is 64.9 Å². The summed E-state index contributed by atoms with van der Waals surface area (Å²) in [5.41, 5.74) is 2.80. The van der Waals surface area contributed by atoms with E-state index in [0.29, 0.717) is 12.2 Å². The number of hydrogen-bond donors (Lipinski definition) is 0. The SMILES string of the molecule is CC1(C)c2cc(OCCN3CCCC3)ccc2C(=O)c2c1oc1ccccc21. The molecule has 0 N–H and O–H groups in total. The molecular weight excluding hydrogens is 350 g/mol. The van der Waals surface area contributed by atoms with Gasteiger partial charge in [0.1, 0.15) is 23.7 Å². The molecule has 0 unspecified atom stereocenters. The average molecular weight is 375 g/mol. The van der Waals surface area contributed by atoms with Crippen LogP contribution in [0.5, 0.6) is 5.75 Å². The fourth-order valence-electron chi connectivity index (χ4n) is 4.60. The Bertz CT molecular complexity index is 1060. The van der Waals surface area contributed by atoms with Crippen LogP contribution in [0.1, 0.15) is 53.9 Å². The standard InChI is InChI=1S/C24H25NO3/c1-24(2)19-15-16(27-14-13-25-11-5-6-12-25)9-10-17(19)22(26)21-18-7-3-4-8-20(18)28-23(21)24/h3-4,7-10,15H,5-6,11-14H2,1-2H3. The third kappa shape index (κ3) is 2.67. The predicted octanol–water partition coefficient (Wildman–Crippen LogP) is 4.78. The van der Waals surface area contributed by atoms with E-state index in [0.717, 1.165) is 40.2 Å². The Hall–Kier alpha value is -2.59. The van der Waals surface area contributed by atoms with Gasteiger partial charge in [0.25, 0.3) is 0 Å². The molecule has 1 aromatic heterocycles. The second-order valence-electron chi connectivity index (χ2n) is 8.36. The van der Waals surface area contributed by atoms with E-state index in [1.807, 2.05) is 42.5 Å². The van der Waals surface area contributed by atoms with Crippen molar-refractivity contribution in [2.75, 3.05) is 26.2 Å². The summed E-state index contributed by atoms with van der Waals surface area (Å²) in [7, 11) is 0.